The first-order valence-electron chi connectivity index (χ1n) is 21.8. The van der Waals surface area contributed by atoms with Gasteiger partial charge in [-0.05, 0) is 138 Å². The molecule has 0 unspecified atom stereocenters. The van der Waals surface area contributed by atoms with Gasteiger partial charge in [0.1, 0.15) is 34.7 Å². The lowest BCUT2D eigenvalue weighted by Crippen LogP contribution is -2.57. The van der Waals surface area contributed by atoms with Crippen molar-refractivity contribution >= 4 is 46.1 Å². The zero-order valence-electron chi connectivity index (χ0n) is 37.0. The van der Waals surface area contributed by atoms with Crippen LogP contribution in [-0.2, 0) is 0 Å². The maximum Gasteiger partial charge on any atom is 0.260 e. The summed E-state index contributed by atoms with van der Waals surface area (Å²) in [5.41, 5.74) is 10.2. The maximum atomic E-state index is 6.73. The van der Waals surface area contributed by atoms with Gasteiger partial charge in [-0.15, -0.1) is 0 Å². The van der Waals surface area contributed by atoms with Crippen molar-refractivity contribution in [1.82, 2.24) is 9.97 Å². The maximum absolute atomic E-state index is 6.73. The lowest BCUT2D eigenvalue weighted by atomic mass is 9.35. The van der Waals surface area contributed by atoms with Crippen molar-refractivity contribution < 1.29 is 9.47 Å². The Labute approximate surface area is 370 Å². The summed E-state index contributed by atoms with van der Waals surface area (Å²) in [6.45, 7) is 17.8. The van der Waals surface area contributed by atoms with Crippen molar-refractivity contribution in [3.05, 3.63) is 163 Å². The van der Waals surface area contributed by atoms with Gasteiger partial charge in [-0.2, -0.15) is 0 Å². The largest absolute Gasteiger partial charge is 0.458 e. The molecule has 4 aliphatic rings. The number of aliphatic imine (C=N–C) groups is 2. The van der Waals surface area contributed by atoms with Crippen LogP contribution in [0.4, 0.5) is 11.4 Å². The number of fused-ring (bicyclic) bond motifs is 4. The monoisotopic (exact) mass is 824 g/mol. The SMILES string of the molecule is CC1(C)N=C(c2cncc(-c3ccc4c(c3)Oc3cccc5c3B4c3ccc(-c4cncc(C6=NC(C)(C)C(C)(C)N6c6ccccc6)c4)cc3O5)c2)N(c2ccccc2)C1(C)C. The highest BCUT2D eigenvalue weighted by Crippen LogP contribution is 2.45. The Bertz CT molecular complexity index is 2850. The molecule has 0 aliphatic carbocycles. The number of hydrogen-bond donors (Lipinski definition) is 0. The summed E-state index contributed by atoms with van der Waals surface area (Å²) in [6, 6.07) is 44.6. The first-order valence-corrected chi connectivity index (χ1v) is 21.8. The number of hydrogen-bond acceptors (Lipinski definition) is 8. The molecule has 9 heteroatoms. The molecule has 5 aromatic carbocycles. The molecule has 8 nitrogen and oxygen atoms in total. The molecular formula is C54H49BN6O2. The van der Waals surface area contributed by atoms with E-state index in [1.165, 1.54) is 0 Å². The predicted octanol–water partition coefficient (Wildman–Crippen LogP) is 10.2. The van der Waals surface area contributed by atoms with Crippen LogP contribution in [0.3, 0.4) is 0 Å². The first kappa shape index (κ1) is 38.9. The third-order valence-corrected chi connectivity index (χ3v) is 14.4. The number of aromatic nitrogens is 2. The molecule has 7 aromatic rings. The molecule has 0 saturated heterocycles. The second kappa shape index (κ2) is 13.8. The molecule has 6 heterocycles. The fourth-order valence-corrected chi connectivity index (χ4v) is 9.63. The van der Waals surface area contributed by atoms with Crippen molar-refractivity contribution in [3.63, 3.8) is 0 Å². The lowest BCUT2D eigenvalue weighted by Gasteiger charge is -2.41. The smallest absolute Gasteiger partial charge is 0.260 e. The Morgan fingerprint density at radius 2 is 0.825 bits per heavy atom. The molecular weight excluding hydrogens is 775 g/mol. The van der Waals surface area contributed by atoms with E-state index in [2.05, 4.69) is 174 Å². The molecule has 0 atom stereocenters. The third-order valence-electron chi connectivity index (χ3n) is 14.4. The fourth-order valence-electron chi connectivity index (χ4n) is 9.63. The summed E-state index contributed by atoms with van der Waals surface area (Å²) in [6.07, 6.45) is 7.69. The van der Waals surface area contributed by atoms with Crippen LogP contribution in [0.5, 0.6) is 23.0 Å². The average Bonchev–Trinajstić information content (AvgIpc) is 3.61. The average molecular weight is 825 g/mol. The predicted molar refractivity (Wildman–Crippen MR) is 258 cm³/mol. The van der Waals surface area contributed by atoms with Crippen molar-refractivity contribution in [1.29, 1.82) is 0 Å². The van der Waals surface area contributed by atoms with Gasteiger partial charge in [0.25, 0.3) is 6.71 Å². The van der Waals surface area contributed by atoms with E-state index in [1.807, 2.05) is 43.0 Å². The van der Waals surface area contributed by atoms with Gasteiger partial charge in [0.2, 0.25) is 0 Å². The molecule has 0 radical (unpaired) electrons. The summed E-state index contributed by atoms with van der Waals surface area (Å²) in [5, 5.41) is 0. The Kier molecular flexibility index (Phi) is 8.49. The number of rotatable bonds is 6. The Balaban J connectivity index is 0.943. The molecule has 4 aliphatic heterocycles. The Morgan fingerprint density at radius 3 is 1.25 bits per heavy atom. The quantitative estimate of drug-likeness (QED) is 0.156. The zero-order chi connectivity index (χ0) is 43.5. The van der Waals surface area contributed by atoms with Gasteiger partial charge in [0, 0.05) is 63.9 Å². The summed E-state index contributed by atoms with van der Waals surface area (Å²) in [4.78, 5) is 24.9. The van der Waals surface area contributed by atoms with Crippen molar-refractivity contribution in [3.8, 4) is 45.3 Å². The van der Waals surface area contributed by atoms with E-state index in [0.717, 1.165) is 95.8 Å². The number of amidine groups is 2. The van der Waals surface area contributed by atoms with E-state index in [9.17, 15) is 0 Å². The number of nitrogens with zero attached hydrogens (tertiary/aromatic N) is 6. The van der Waals surface area contributed by atoms with Gasteiger partial charge >= 0.3 is 0 Å². The number of ether oxygens (including phenoxy) is 2. The molecule has 0 saturated carbocycles. The van der Waals surface area contributed by atoms with Crippen LogP contribution in [0.25, 0.3) is 22.3 Å². The fraction of sp³-hybridized carbons (Fsp3) is 0.222. The molecule has 0 spiro atoms. The first-order chi connectivity index (χ1) is 30.2. The molecule has 63 heavy (non-hydrogen) atoms. The van der Waals surface area contributed by atoms with Gasteiger partial charge in [0.05, 0.1) is 22.2 Å². The number of pyridine rings is 2. The third kappa shape index (κ3) is 5.96. The van der Waals surface area contributed by atoms with Gasteiger partial charge in [-0.3, -0.25) is 20.0 Å². The second-order valence-corrected chi connectivity index (χ2v) is 19.2. The molecule has 0 N–H and O–H groups in total. The van der Waals surface area contributed by atoms with E-state index in [1.54, 1.807) is 0 Å². The van der Waals surface area contributed by atoms with Crippen LogP contribution in [0, 0.1) is 0 Å². The molecule has 2 aromatic heterocycles. The lowest BCUT2D eigenvalue weighted by molar-refractivity contribution is 0.338. The number of anilines is 2. The number of benzene rings is 5. The topological polar surface area (TPSA) is 75.4 Å². The van der Waals surface area contributed by atoms with Crippen molar-refractivity contribution in [2.45, 2.75) is 77.5 Å². The highest BCUT2D eigenvalue weighted by molar-refractivity contribution is 6.98. The van der Waals surface area contributed by atoms with E-state index in [0.29, 0.717) is 0 Å². The van der Waals surface area contributed by atoms with Crippen LogP contribution in [0.2, 0.25) is 0 Å². The molecule has 0 fully saturated rings. The van der Waals surface area contributed by atoms with E-state index in [4.69, 9.17) is 29.4 Å². The zero-order valence-corrected chi connectivity index (χ0v) is 37.0. The highest BCUT2D eigenvalue weighted by Gasteiger charge is 2.51. The number of para-hydroxylation sites is 2. The van der Waals surface area contributed by atoms with Crippen LogP contribution in [-0.4, -0.2) is 50.5 Å². The van der Waals surface area contributed by atoms with Crippen molar-refractivity contribution in [2.24, 2.45) is 9.98 Å². The van der Waals surface area contributed by atoms with Gasteiger partial charge in [0.15, 0.2) is 0 Å². The van der Waals surface area contributed by atoms with Crippen LogP contribution in [0.1, 0.15) is 66.5 Å². The Morgan fingerprint density at radius 1 is 0.413 bits per heavy atom. The standard InChI is InChI=1S/C54H49BN6O2/c1-51(2)53(5,6)60(40-16-11-9-12-17-40)49(58-51)38-26-36(30-56-32-38)34-22-24-42-46(28-34)62-44-20-15-21-45-48(44)55(42)43-25-23-35(29-47(43)63-45)37-27-39(33-57-31-37)50-59-52(3,4)54(7,8)61(50)41-18-13-10-14-19-41/h9-33H,1-8H3. The highest BCUT2D eigenvalue weighted by atomic mass is 16.5. The van der Waals surface area contributed by atoms with E-state index in [-0.39, 0.29) is 28.9 Å². The van der Waals surface area contributed by atoms with Crippen LogP contribution < -0.4 is 35.7 Å². The summed E-state index contributed by atoms with van der Waals surface area (Å²) >= 11 is 0. The van der Waals surface area contributed by atoms with Crippen LogP contribution >= 0.6 is 0 Å². The minimum Gasteiger partial charge on any atom is -0.458 e. The van der Waals surface area contributed by atoms with Gasteiger partial charge in [-0.1, -0.05) is 66.7 Å². The summed E-state index contributed by atoms with van der Waals surface area (Å²) in [7, 11) is 0. The van der Waals surface area contributed by atoms with E-state index < -0.39 is 0 Å². The second-order valence-electron chi connectivity index (χ2n) is 19.2. The molecule has 0 amide bonds. The summed E-state index contributed by atoms with van der Waals surface area (Å²) < 4.78 is 13.5. The minimum atomic E-state index is -0.327. The van der Waals surface area contributed by atoms with Crippen LogP contribution in [0.15, 0.2) is 162 Å². The molecule has 11 rings (SSSR count). The summed E-state index contributed by atoms with van der Waals surface area (Å²) in [5.74, 6) is 5.07. The molecule has 310 valence electrons. The molecule has 0 bridgehead atoms. The minimum absolute atomic E-state index is 0.0748. The van der Waals surface area contributed by atoms with Gasteiger partial charge < -0.3 is 19.3 Å². The normalized spacial score (nSPS) is 18.1. The van der Waals surface area contributed by atoms with Gasteiger partial charge in [-0.25, -0.2) is 0 Å². The van der Waals surface area contributed by atoms with E-state index >= 15 is 0 Å². The Hall–Kier alpha value is -7.00. The van der Waals surface area contributed by atoms with Crippen molar-refractivity contribution in [2.75, 3.05) is 9.80 Å².